The van der Waals surface area contributed by atoms with Crippen LogP contribution in [-0.4, -0.2) is 0 Å². The van der Waals surface area contributed by atoms with E-state index in [-0.39, 0.29) is 97.4 Å². The maximum absolute atomic E-state index is 4.89. The summed E-state index contributed by atoms with van der Waals surface area (Å²) in [5, 5.41) is 0. The van der Waals surface area contributed by atoms with Gasteiger partial charge in [-0.1, -0.05) is 59.4 Å². The topological polar surface area (TPSA) is 0 Å². The number of hydrogen-bond donors (Lipinski definition) is 0. The fraction of sp³-hybridized carbons (Fsp3) is 1.00. The van der Waals surface area contributed by atoms with Gasteiger partial charge in [0.1, 0.15) is 0 Å². The first-order chi connectivity index (χ1) is 4.88. The first kappa shape index (κ1) is 98.1. The molecule has 0 bridgehead atoms. The summed E-state index contributed by atoms with van der Waals surface area (Å²) >= 11 is -2.47. The Morgan fingerprint density at radius 1 is 0.429 bits per heavy atom. The molecule has 0 unspecified atom stereocenters. The monoisotopic (exact) mass is 646 g/mol. The van der Waals surface area contributed by atoms with Gasteiger partial charge in [0.25, 0.3) is 0 Å². The van der Waals surface area contributed by atoms with Crippen LogP contribution in [-0.2, 0) is 35.5 Å². The van der Waals surface area contributed by atoms with Gasteiger partial charge >= 0.3 is 116 Å². The summed E-state index contributed by atoms with van der Waals surface area (Å²) in [5.74, 6) is 0. The zero-order valence-electron chi connectivity index (χ0n) is 4.84. The Bertz CT molecular complexity index is 54.1. The summed E-state index contributed by atoms with van der Waals surface area (Å²) in [4.78, 5) is 0. The van der Waals surface area contributed by atoms with Crippen LogP contribution in [0.15, 0.2) is 0 Å². The van der Waals surface area contributed by atoms with Crippen LogP contribution in [0, 0.1) is 0 Å². The molecule has 0 atom stereocenters. The molecule has 0 aromatic rings. The number of halogens is 10. The summed E-state index contributed by atoms with van der Waals surface area (Å²) in [6, 6.07) is 0. The molecule has 0 radical (unpaired) electrons. The van der Waals surface area contributed by atoms with E-state index < -0.39 is 22.3 Å². The fourth-order valence-corrected chi connectivity index (χ4v) is 0. The molecule has 0 amide bonds. The Hall–Kier alpha value is 4.46. The van der Waals surface area contributed by atoms with Crippen molar-refractivity contribution in [2.45, 2.75) is 59.4 Å². The molecule has 0 heterocycles. The third-order valence-corrected chi connectivity index (χ3v) is 0. The van der Waals surface area contributed by atoms with Crippen molar-refractivity contribution < 1.29 is 60.3 Å². The van der Waals surface area contributed by atoms with Crippen LogP contribution in [0.3, 0.4) is 0 Å². The zero-order valence-corrected chi connectivity index (χ0v) is 15.7. The van der Waals surface area contributed by atoms with Crippen LogP contribution in [0.2, 0.25) is 0 Å². The summed E-state index contributed by atoms with van der Waals surface area (Å²) in [6.07, 6.45) is 0. The van der Waals surface area contributed by atoms with Gasteiger partial charge in [-0.25, -0.2) is 0 Å². The first-order valence-electron chi connectivity index (χ1n) is 1.07. The molecule has 0 spiro atoms. The molecule has 21 heavy (non-hydrogen) atoms. The first-order valence-corrected chi connectivity index (χ1v) is 13.2. The molecular weight excluding hydrogens is 618 g/mol. The number of hydrogen-bond acceptors (Lipinski definition) is 0. The van der Waals surface area contributed by atoms with Gasteiger partial charge in [0.15, 0.2) is 0 Å². The van der Waals surface area contributed by atoms with E-state index in [0.717, 1.165) is 0 Å². The van der Waals surface area contributed by atoms with Crippen molar-refractivity contribution >= 4 is 80.8 Å². The molecule has 0 fully saturated rings. The Morgan fingerprint density at radius 3 is 0.429 bits per heavy atom. The Kier molecular flexibility index (Phi) is 479. The van der Waals surface area contributed by atoms with Crippen LogP contribution in [0.25, 0.3) is 0 Å². The Labute approximate surface area is 197 Å². The standard InChI is InChI=1S/8CH4.10ClH.3Fe/h8*1H4;10*1H;;;/q;;;;;;;;;;;;;;;;;;+2;2*+3/p-10. The predicted octanol–water partition coefficient (Wildman–Crippen LogP) is 4.61. The molecule has 0 aromatic carbocycles. The molecule has 0 aliphatic heterocycles. The van der Waals surface area contributed by atoms with E-state index in [2.05, 4.69) is 0 Å². The minimum absolute atomic E-state index is 0. The summed E-state index contributed by atoms with van der Waals surface area (Å²) in [7, 11) is 38.9. The van der Waals surface area contributed by atoms with Gasteiger partial charge in [-0.15, -0.1) is 0 Å². The van der Waals surface area contributed by atoms with E-state index in [0.29, 0.717) is 0 Å². The second kappa shape index (κ2) is 103. The van der Waals surface area contributed by atoms with Crippen molar-refractivity contribution in [2.75, 3.05) is 0 Å². The van der Waals surface area contributed by atoms with Crippen LogP contribution < -0.4 is 24.8 Å². The van der Waals surface area contributed by atoms with Crippen molar-refractivity contribution in [2.24, 2.45) is 0 Å². The summed E-state index contributed by atoms with van der Waals surface area (Å²) in [5.41, 5.74) is 0. The van der Waals surface area contributed by atoms with E-state index in [9.17, 15) is 0 Å². The Morgan fingerprint density at radius 2 is 0.429 bits per heavy atom. The van der Waals surface area contributed by atoms with Crippen LogP contribution in [0.5, 0.6) is 0 Å². The van der Waals surface area contributed by atoms with Gasteiger partial charge in [0, 0.05) is 0 Å². The maximum atomic E-state index is 4.89. The van der Waals surface area contributed by atoms with Crippen molar-refractivity contribution in [1.82, 2.24) is 0 Å². The van der Waals surface area contributed by atoms with E-state index in [4.69, 9.17) is 80.8 Å². The zero-order chi connectivity index (χ0) is 9.86. The SMILES string of the molecule is C.C.C.C.C.C.C.C.[Cl-].[Cl-].[Cl][Fe]([Cl])[Cl].[Cl][Fe]([Cl])[Cl].[Cl][Fe][Cl]. The summed E-state index contributed by atoms with van der Waals surface area (Å²) in [6.45, 7) is 0. The second-order valence-corrected chi connectivity index (χ2v) is 13.1. The van der Waals surface area contributed by atoms with Gasteiger partial charge in [-0.3, -0.25) is 0 Å². The average molecular weight is 650 g/mol. The van der Waals surface area contributed by atoms with Crippen molar-refractivity contribution in [3.8, 4) is 0 Å². The van der Waals surface area contributed by atoms with Gasteiger partial charge in [0.2, 0.25) is 0 Å². The molecule has 0 aliphatic rings. The molecule has 0 aromatic heterocycles. The molecule has 0 saturated heterocycles. The fourth-order valence-electron chi connectivity index (χ4n) is 0. The molecule has 0 N–H and O–H groups in total. The average Bonchev–Trinajstić information content (AvgIpc) is 1.60. The van der Waals surface area contributed by atoms with Crippen LogP contribution in [0.1, 0.15) is 59.4 Å². The summed E-state index contributed by atoms with van der Waals surface area (Å²) < 4.78 is 0. The van der Waals surface area contributed by atoms with Crippen LogP contribution in [0.4, 0.5) is 0 Å². The van der Waals surface area contributed by atoms with E-state index in [1.807, 2.05) is 0 Å². The van der Waals surface area contributed by atoms with Gasteiger partial charge in [-0.2, -0.15) is 0 Å². The molecule has 13 heteroatoms. The van der Waals surface area contributed by atoms with Crippen molar-refractivity contribution in [3.63, 3.8) is 0 Å². The Balaban J connectivity index is -0.00000000337. The van der Waals surface area contributed by atoms with Gasteiger partial charge in [-0.05, 0) is 0 Å². The van der Waals surface area contributed by atoms with Gasteiger partial charge in [0.05, 0.1) is 0 Å². The molecule has 0 saturated carbocycles. The van der Waals surface area contributed by atoms with Crippen LogP contribution >= 0.6 is 80.8 Å². The van der Waals surface area contributed by atoms with Crippen molar-refractivity contribution in [1.29, 1.82) is 0 Å². The molecule has 0 aliphatic carbocycles. The van der Waals surface area contributed by atoms with E-state index in [1.165, 1.54) is 0 Å². The molecular formula is C8H32Cl10Fe3-2. The van der Waals surface area contributed by atoms with Crippen molar-refractivity contribution in [3.05, 3.63) is 0 Å². The third kappa shape index (κ3) is 621. The second-order valence-electron chi connectivity index (χ2n) is 0.354. The molecule has 160 valence electrons. The number of rotatable bonds is 0. The quantitative estimate of drug-likeness (QED) is 0.337. The molecule has 0 nitrogen and oxygen atoms in total. The normalized spacial score (nSPS) is 5.33. The van der Waals surface area contributed by atoms with E-state index in [1.54, 1.807) is 0 Å². The van der Waals surface area contributed by atoms with E-state index >= 15 is 0 Å². The van der Waals surface area contributed by atoms with Gasteiger partial charge < -0.3 is 24.8 Å². The molecule has 0 rings (SSSR count). The third-order valence-electron chi connectivity index (χ3n) is 0. The predicted molar refractivity (Wildman–Crippen MR) is 101 cm³/mol. The minimum atomic E-state index is -1.33.